The molecule has 2 unspecified atom stereocenters. The molecule has 7 heteroatoms. The minimum absolute atomic E-state index is 0.0460. The number of nitrogens with two attached hydrogens (primary N) is 1. The van der Waals surface area contributed by atoms with E-state index in [9.17, 15) is 9.59 Å². The highest BCUT2D eigenvalue weighted by Gasteiger charge is 2.36. The van der Waals surface area contributed by atoms with Gasteiger partial charge in [-0.25, -0.2) is 0 Å². The van der Waals surface area contributed by atoms with E-state index < -0.39 is 11.9 Å². The third kappa shape index (κ3) is 3.97. The second kappa shape index (κ2) is 7.07. The molecule has 0 bridgehead atoms. The van der Waals surface area contributed by atoms with Crippen molar-refractivity contribution in [2.45, 2.75) is 26.3 Å². The summed E-state index contributed by atoms with van der Waals surface area (Å²) < 4.78 is 0. The molecule has 0 aromatic heterocycles. The predicted molar refractivity (Wildman–Crippen MR) is 91.7 cm³/mol. The van der Waals surface area contributed by atoms with Crippen LogP contribution in [0.15, 0.2) is 18.2 Å². The molecule has 23 heavy (non-hydrogen) atoms. The summed E-state index contributed by atoms with van der Waals surface area (Å²) in [6, 6.07) is 4.18. The smallest absolute Gasteiger partial charge is 0.253 e. The summed E-state index contributed by atoms with van der Waals surface area (Å²) in [7, 11) is 0. The van der Waals surface area contributed by atoms with Crippen LogP contribution in [-0.2, 0) is 4.79 Å². The SMILES string of the molecule is CC(NC(=O)c1cccc(Cl)c1Cl)C(=O)N1CCC(C)(CN)C1. The van der Waals surface area contributed by atoms with Crippen LogP contribution in [0.4, 0.5) is 0 Å². The Morgan fingerprint density at radius 2 is 2.13 bits per heavy atom. The van der Waals surface area contributed by atoms with Crippen molar-refractivity contribution < 1.29 is 9.59 Å². The standard InChI is InChI=1S/C16H21Cl2N3O2/c1-10(15(23)21-7-6-16(2,8-19)9-21)20-14(22)11-4-3-5-12(17)13(11)18/h3-5,10H,6-9,19H2,1-2H3,(H,20,22). The first kappa shape index (κ1) is 18.0. The first-order chi connectivity index (χ1) is 10.8. The maximum absolute atomic E-state index is 12.5. The molecule has 2 amide bonds. The molecule has 1 aromatic rings. The van der Waals surface area contributed by atoms with E-state index in [4.69, 9.17) is 28.9 Å². The zero-order chi connectivity index (χ0) is 17.2. The van der Waals surface area contributed by atoms with Crippen LogP contribution in [0.25, 0.3) is 0 Å². The lowest BCUT2D eigenvalue weighted by Gasteiger charge is -2.25. The lowest BCUT2D eigenvalue weighted by molar-refractivity contribution is -0.132. The molecule has 1 fully saturated rings. The van der Waals surface area contributed by atoms with E-state index in [-0.39, 0.29) is 21.9 Å². The molecule has 1 aromatic carbocycles. The van der Waals surface area contributed by atoms with E-state index in [1.54, 1.807) is 30.0 Å². The molecule has 1 aliphatic rings. The zero-order valence-electron chi connectivity index (χ0n) is 13.2. The van der Waals surface area contributed by atoms with Gasteiger partial charge in [-0.05, 0) is 37.4 Å². The van der Waals surface area contributed by atoms with Gasteiger partial charge in [0.25, 0.3) is 5.91 Å². The fraction of sp³-hybridized carbons (Fsp3) is 0.500. The first-order valence-corrected chi connectivity index (χ1v) is 8.27. The number of benzene rings is 1. The van der Waals surface area contributed by atoms with Gasteiger partial charge in [0, 0.05) is 13.1 Å². The van der Waals surface area contributed by atoms with Crippen molar-refractivity contribution in [3.63, 3.8) is 0 Å². The summed E-state index contributed by atoms with van der Waals surface area (Å²) in [6.45, 7) is 5.53. The summed E-state index contributed by atoms with van der Waals surface area (Å²) in [5, 5.41) is 3.17. The van der Waals surface area contributed by atoms with Crippen LogP contribution in [0.3, 0.4) is 0 Å². The Hall–Kier alpha value is -1.30. The van der Waals surface area contributed by atoms with Crippen molar-refractivity contribution in [2.75, 3.05) is 19.6 Å². The van der Waals surface area contributed by atoms with Gasteiger partial charge in [0.1, 0.15) is 6.04 Å². The van der Waals surface area contributed by atoms with Crippen molar-refractivity contribution in [3.8, 4) is 0 Å². The number of nitrogens with one attached hydrogen (secondary N) is 1. The van der Waals surface area contributed by atoms with Crippen LogP contribution < -0.4 is 11.1 Å². The highest BCUT2D eigenvalue weighted by atomic mass is 35.5. The molecular formula is C16H21Cl2N3O2. The van der Waals surface area contributed by atoms with Gasteiger partial charge in [0.05, 0.1) is 15.6 Å². The van der Waals surface area contributed by atoms with E-state index >= 15 is 0 Å². The molecule has 5 nitrogen and oxygen atoms in total. The van der Waals surface area contributed by atoms with Crippen molar-refractivity contribution in [1.82, 2.24) is 10.2 Å². The Morgan fingerprint density at radius 1 is 1.43 bits per heavy atom. The van der Waals surface area contributed by atoms with Gasteiger partial charge in [-0.3, -0.25) is 9.59 Å². The van der Waals surface area contributed by atoms with E-state index in [0.717, 1.165) is 6.42 Å². The third-order valence-electron chi connectivity index (χ3n) is 4.28. The Labute approximate surface area is 146 Å². The highest BCUT2D eigenvalue weighted by Crippen LogP contribution is 2.29. The third-order valence-corrected chi connectivity index (χ3v) is 5.10. The Kier molecular flexibility index (Phi) is 5.55. The fourth-order valence-corrected chi connectivity index (χ4v) is 3.05. The molecule has 2 rings (SSSR count). The Balaban J connectivity index is 2.01. The van der Waals surface area contributed by atoms with E-state index in [1.165, 1.54) is 0 Å². The van der Waals surface area contributed by atoms with Gasteiger partial charge in [-0.15, -0.1) is 0 Å². The van der Waals surface area contributed by atoms with Gasteiger partial charge in [0.2, 0.25) is 5.91 Å². The van der Waals surface area contributed by atoms with Gasteiger partial charge >= 0.3 is 0 Å². The van der Waals surface area contributed by atoms with Crippen LogP contribution in [0.1, 0.15) is 30.6 Å². The molecular weight excluding hydrogens is 337 g/mol. The number of carbonyl (C=O) groups is 2. The van der Waals surface area contributed by atoms with Gasteiger partial charge in [0.15, 0.2) is 0 Å². The lowest BCUT2D eigenvalue weighted by atomic mass is 9.90. The number of rotatable bonds is 4. The number of likely N-dealkylation sites (tertiary alicyclic amines) is 1. The van der Waals surface area contributed by atoms with Crippen LogP contribution >= 0.6 is 23.2 Å². The van der Waals surface area contributed by atoms with Crippen molar-refractivity contribution >= 4 is 35.0 Å². The summed E-state index contributed by atoms with van der Waals surface area (Å²) in [6.07, 6.45) is 0.871. The summed E-state index contributed by atoms with van der Waals surface area (Å²) in [4.78, 5) is 26.5. The van der Waals surface area contributed by atoms with Crippen LogP contribution in [0.5, 0.6) is 0 Å². The molecule has 1 saturated heterocycles. The zero-order valence-corrected chi connectivity index (χ0v) is 14.7. The Morgan fingerprint density at radius 3 is 2.74 bits per heavy atom. The Bertz CT molecular complexity index is 623. The van der Waals surface area contributed by atoms with Gasteiger partial charge < -0.3 is 16.0 Å². The van der Waals surface area contributed by atoms with E-state index in [0.29, 0.717) is 24.7 Å². The molecule has 0 saturated carbocycles. The molecule has 2 atom stereocenters. The lowest BCUT2D eigenvalue weighted by Crippen LogP contribution is -2.47. The second-order valence-corrected chi connectivity index (χ2v) is 7.11. The van der Waals surface area contributed by atoms with Crippen molar-refractivity contribution in [1.29, 1.82) is 0 Å². The topological polar surface area (TPSA) is 75.4 Å². The number of hydrogen-bond donors (Lipinski definition) is 2. The minimum Gasteiger partial charge on any atom is -0.340 e. The van der Waals surface area contributed by atoms with Crippen molar-refractivity contribution in [3.05, 3.63) is 33.8 Å². The fourth-order valence-electron chi connectivity index (χ4n) is 2.67. The van der Waals surface area contributed by atoms with Crippen molar-refractivity contribution in [2.24, 2.45) is 11.1 Å². The number of carbonyl (C=O) groups excluding carboxylic acids is 2. The molecule has 0 radical (unpaired) electrons. The largest absolute Gasteiger partial charge is 0.340 e. The van der Waals surface area contributed by atoms with E-state index in [2.05, 4.69) is 12.2 Å². The van der Waals surface area contributed by atoms with E-state index in [1.807, 2.05) is 0 Å². The number of nitrogens with zero attached hydrogens (tertiary/aromatic N) is 1. The maximum Gasteiger partial charge on any atom is 0.253 e. The predicted octanol–water partition coefficient (Wildman–Crippen LogP) is 2.31. The van der Waals surface area contributed by atoms with Crippen LogP contribution in [-0.4, -0.2) is 42.4 Å². The molecule has 0 aliphatic carbocycles. The maximum atomic E-state index is 12.5. The average molecular weight is 358 g/mol. The summed E-state index contributed by atoms with van der Waals surface area (Å²) in [5.74, 6) is -0.534. The highest BCUT2D eigenvalue weighted by molar-refractivity contribution is 6.43. The quantitative estimate of drug-likeness (QED) is 0.867. The number of hydrogen-bond acceptors (Lipinski definition) is 3. The molecule has 1 aliphatic heterocycles. The van der Waals surface area contributed by atoms with Crippen LogP contribution in [0, 0.1) is 5.41 Å². The summed E-state index contributed by atoms with van der Waals surface area (Å²) >= 11 is 11.9. The monoisotopic (exact) mass is 357 g/mol. The molecule has 0 spiro atoms. The van der Waals surface area contributed by atoms with Crippen LogP contribution in [0.2, 0.25) is 10.0 Å². The first-order valence-electron chi connectivity index (χ1n) is 7.51. The average Bonchev–Trinajstić information content (AvgIpc) is 2.92. The second-order valence-electron chi connectivity index (χ2n) is 6.32. The van der Waals surface area contributed by atoms with Gasteiger partial charge in [-0.1, -0.05) is 36.2 Å². The number of halogens is 2. The normalized spacial score (nSPS) is 22.0. The summed E-state index contributed by atoms with van der Waals surface area (Å²) in [5.41, 5.74) is 5.97. The molecule has 1 heterocycles. The molecule has 3 N–H and O–H groups in total. The number of amides is 2. The minimum atomic E-state index is -0.641. The molecule has 126 valence electrons. The van der Waals surface area contributed by atoms with Gasteiger partial charge in [-0.2, -0.15) is 0 Å².